The number of nitrogens with zero attached hydrogens (tertiary/aromatic N) is 2. The second kappa shape index (κ2) is 7.64. The SMILES string of the molecule is CCCNC(Cc1c(C2CC2)nn2c(-c3ccc(Cl)cc3Cl)c(C)oc12)C1CC1. The number of hydrogen-bond acceptors (Lipinski definition) is 3. The summed E-state index contributed by atoms with van der Waals surface area (Å²) in [5, 5.41) is 10.1. The first-order chi connectivity index (χ1) is 14.1. The second-order valence-electron chi connectivity index (χ2n) is 8.59. The van der Waals surface area contributed by atoms with E-state index in [0.29, 0.717) is 22.0 Å². The summed E-state index contributed by atoms with van der Waals surface area (Å²) in [6.07, 6.45) is 7.24. The van der Waals surface area contributed by atoms with E-state index in [2.05, 4.69) is 12.2 Å². The van der Waals surface area contributed by atoms with Crippen LogP contribution in [0.1, 0.15) is 62.0 Å². The van der Waals surface area contributed by atoms with Crippen molar-refractivity contribution in [2.24, 2.45) is 5.92 Å². The topological polar surface area (TPSA) is 42.5 Å². The summed E-state index contributed by atoms with van der Waals surface area (Å²) in [6, 6.07) is 6.11. The van der Waals surface area contributed by atoms with Crippen molar-refractivity contribution >= 4 is 28.9 Å². The van der Waals surface area contributed by atoms with E-state index in [0.717, 1.165) is 48.0 Å². The molecule has 154 valence electrons. The van der Waals surface area contributed by atoms with Gasteiger partial charge in [0.1, 0.15) is 11.5 Å². The van der Waals surface area contributed by atoms with Crippen LogP contribution in [0.5, 0.6) is 0 Å². The van der Waals surface area contributed by atoms with E-state index < -0.39 is 0 Å². The van der Waals surface area contributed by atoms with Crippen molar-refractivity contribution in [2.75, 3.05) is 6.54 Å². The molecule has 2 aliphatic carbocycles. The van der Waals surface area contributed by atoms with Crippen molar-refractivity contribution in [3.8, 4) is 11.3 Å². The fraction of sp³-hybridized carbons (Fsp3) is 0.522. The van der Waals surface area contributed by atoms with Crippen LogP contribution >= 0.6 is 23.2 Å². The van der Waals surface area contributed by atoms with Crippen LogP contribution in [-0.2, 0) is 6.42 Å². The van der Waals surface area contributed by atoms with Crippen molar-refractivity contribution in [1.29, 1.82) is 0 Å². The van der Waals surface area contributed by atoms with Crippen LogP contribution in [0.25, 0.3) is 17.0 Å². The molecular weight excluding hydrogens is 405 g/mol. The smallest absolute Gasteiger partial charge is 0.225 e. The molecular formula is C23H27Cl2N3O. The molecule has 3 aromatic rings. The number of aryl methyl sites for hydroxylation is 1. The molecule has 1 atom stereocenters. The highest BCUT2D eigenvalue weighted by Crippen LogP contribution is 2.45. The van der Waals surface area contributed by atoms with E-state index in [1.807, 2.05) is 23.6 Å². The monoisotopic (exact) mass is 431 g/mol. The first-order valence-electron chi connectivity index (χ1n) is 10.8. The third-order valence-corrected chi connectivity index (χ3v) is 6.73. The number of halogens is 2. The van der Waals surface area contributed by atoms with Gasteiger partial charge in [0.2, 0.25) is 5.71 Å². The number of rotatable bonds is 8. The van der Waals surface area contributed by atoms with Gasteiger partial charge < -0.3 is 9.73 Å². The summed E-state index contributed by atoms with van der Waals surface area (Å²) in [5.74, 6) is 2.19. The maximum absolute atomic E-state index is 6.53. The average Bonchev–Trinajstić information content (AvgIpc) is 3.60. The van der Waals surface area contributed by atoms with Crippen molar-refractivity contribution in [3.63, 3.8) is 0 Å². The minimum absolute atomic E-state index is 0.508. The lowest BCUT2D eigenvalue weighted by atomic mass is 10.0. The van der Waals surface area contributed by atoms with Crippen molar-refractivity contribution < 1.29 is 4.42 Å². The lowest BCUT2D eigenvalue weighted by Gasteiger charge is -2.17. The van der Waals surface area contributed by atoms with Crippen LogP contribution in [0.15, 0.2) is 22.6 Å². The van der Waals surface area contributed by atoms with Gasteiger partial charge in [0, 0.05) is 28.1 Å². The van der Waals surface area contributed by atoms with Gasteiger partial charge in [-0.25, -0.2) is 0 Å². The molecule has 0 bridgehead atoms. The Morgan fingerprint density at radius 2 is 2.03 bits per heavy atom. The Kier molecular flexibility index (Phi) is 5.13. The van der Waals surface area contributed by atoms with Gasteiger partial charge in [-0.2, -0.15) is 9.61 Å². The molecule has 0 amide bonds. The third-order valence-electron chi connectivity index (χ3n) is 6.18. The molecule has 0 spiro atoms. The zero-order valence-electron chi connectivity index (χ0n) is 17.0. The molecule has 2 aromatic heterocycles. The first kappa shape index (κ1) is 19.5. The van der Waals surface area contributed by atoms with Crippen LogP contribution in [0.3, 0.4) is 0 Å². The van der Waals surface area contributed by atoms with Gasteiger partial charge in [-0.05, 0) is 76.1 Å². The Labute approximate surface area is 181 Å². The van der Waals surface area contributed by atoms with E-state index in [9.17, 15) is 0 Å². The molecule has 0 radical (unpaired) electrons. The standard InChI is InChI=1S/C23H27Cl2N3O/c1-3-10-26-20(14-4-5-14)12-18-21(15-6-7-15)27-28-22(13(2)29-23(18)28)17-9-8-16(24)11-19(17)25/h8-9,11,14-15,20,26H,3-7,10,12H2,1-2H3. The molecule has 1 aromatic carbocycles. The zero-order valence-corrected chi connectivity index (χ0v) is 18.5. The Hall–Kier alpha value is -1.49. The Morgan fingerprint density at radius 3 is 2.69 bits per heavy atom. The predicted molar refractivity (Wildman–Crippen MR) is 118 cm³/mol. The van der Waals surface area contributed by atoms with Crippen molar-refractivity contribution in [1.82, 2.24) is 14.9 Å². The Morgan fingerprint density at radius 1 is 1.24 bits per heavy atom. The number of aromatic nitrogens is 2. The zero-order chi connectivity index (χ0) is 20.1. The Bertz CT molecular complexity index is 1050. The lowest BCUT2D eigenvalue weighted by Crippen LogP contribution is -2.33. The molecule has 6 heteroatoms. The molecule has 0 aliphatic heterocycles. The minimum atomic E-state index is 0.508. The fourth-order valence-corrected chi connectivity index (χ4v) is 4.86. The van der Waals surface area contributed by atoms with Gasteiger partial charge in [-0.3, -0.25) is 0 Å². The van der Waals surface area contributed by atoms with Gasteiger partial charge in [0.15, 0.2) is 0 Å². The van der Waals surface area contributed by atoms with Gasteiger partial charge >= 0.3 is 0 Å². The van der Waals surface area contributed by atoms with E-state index >= 15 is 0 Å². The van der Waals surface area contributed by atoms with E-state index in [1.54, 1.807) is 6.07 Å². The van der Waals surface area contributed by atoms with E-state index in [-0.39, 0.29) is 0 Å². The summed E-state index contributed by atoms with van der Waals surface area (Å²) in [5.41, 5.74) is 5.23. The van der Waals surface area contributed by atoms with Gasteiger partial charge in [0.05, 0.1) is 10.7 Å². The number of hydrogen-bond donors (Lipinski definition) is 1. The summed E-state index contributed by atoms with van der Waals surface area (Å²) >= 11 is 12.6. The molecule has 2 aliphatic rings. The summed E-state index contributed by atoms with van der Waals surface area (Å²) < 4.78 is 8.30. The van der Waals surface area contributed by atoms with Gasteiger partial charge in [-0.15, -0.1) is 0 Å². The molecule has 29 heavy (non-hydrogen) atoms. The van der Waals surface area contributed by atoms with Crippen LogP contribution < -0.4 is 5.32 Å². The maximum atomic E-state index is 6.53. The highest BCUT2D eigenvalue weighted by atomic mass is 35.5. The van der Waals surface area contributed by atoms with Crippen molar-refractivity contribution in [3.05, 3.63) is 45.3 Å². The van der Waals surface area contributed by atoms with Crippen LogP contribution in [0.4, 0.5) is 0 Å². The molecule has 2 heterocycles. The molecule has 5 rings (SSSR count). The normalized spacial score (nSPS) is 17.9. The summed E-state index contributed by atoms with van der Waals surface area (Å²) in [4.78, 5) is 0. The van der Waals surface area contributed by atoms with Gasteiger partial charge in [-0.1, -0.05) is 30.1 Å². The van der Waals surface area contributed by atoms with Crippen molar-refractivity contribution in [2.45, 2.75) is 64.3 Å². The third kappa shape index (κ3) is 3.71. The summed E-state index contributed by atoms with van der Waals surface area (Å²) in [7, 11) is 0. The van der Waals surface area contributed by atoms with Crippen LogP contribution in [-0.4, -0.2) is 22.2 Å². The predicted octanol–water partition coefficient (Wildman–Crippen LogP) is 6.41. The largest absolute Gasteiger partial charge is 0.441 e. The van der Waals surface area contributed by atoms with E-state index in [4.69, 9.17) is 32.7 Å². The van der Waals surface area contributed by atoms with E-state index in [1.165, 1.54) is 36.9 Å². The highest BCUT2D eigenvalue weighted by Gasteiger charge is 2.37. The Balaban J connectivity index is 1.59. The molecule has 2 fully saturated rings. The van der Waals surface area contributed by atoms with Crippen LogP contribution in [0.2, 0.25) is 10.0 Å². The molecule has 0 saturated heterocycles. The average molecular weight is 432 g/mol. The quantitative estimate of drug-likeness (QED) is 0.447. The fourth-order valence-electron chi connectivity index (χ4n) is 4.37. The number of benzene rings is 1. The maximum Gasteiger partial charge on any atom is 0.225 e. The summed E-state index contributed by atoms with van der Waals surface area (Å²) in [6.45, 7) is 5.28. The first-order valence-corrected chi connectivity index (χ1v) is 11.5. The second-order valence-corrected chi connectivity index (χ2v) is 9.43. The number of oxazole rings is 1. The molecule has 4 nitrogen and oxygen atoms in total. The van der Waals surface area contributed by atoms with Crippen LogP contribution in [0, 0.1) is 12.8 Å². The molecule has 2 saturated carbocycles. The minimum Gasteiger partial charge on any atom is -0.441 e. The number of fused-ring (bicyclic) bond motifs is 1. The molecule has 1 unspecified atom stereocenters. The lowest BCUT2D eigenvalue weighted by molar-refractivity contribution is 0.456. The molecule has 1 N–H and O–H groups in total. The highest BCUT2D eigenvalue weighted by molar-refractivity contribution is 6.36. The number of nitrogens with one attached hydrogen (secondary N) is 1. The van der Waals surface area contributed by atoms with Gasteiger partial charge in [0.25, 0.3) is 0 Å².